The Morgan fingerprint density at radius 1 is 0.885 bits per heavy atom. The second kappa shape index (κ2) is 5.50. The van der Waals surface area contributed by atoms with Crippen LogP contribution in [0.15, 0.2) is 72.8 Å². The van der Waals surface area contributed by atoms with E-state index in [1.165, 1.54) is 5.56 Å². The first-order valence-electron chi connectivity index (χ1n) is 9.03. The van der Waals surface area contributed by atoms with Gasteiger partial charge in [-0.2, -0.15) is 0 Å². The molecule has 0 N–H and O–H groups in total. The van der Waals surface area contributed by atoms with Crippen LogP contribution in [0.3, 0.4) is 0 Å². The summed E-state index contributed by atoms with van der Waals surface area (Å²) in [6.45, 7) is 3.22. The Balaban J connectivity index is 1.68. The monoisotopic (exact) mass is 344 g/mol. The van der Waals surface area contributed by atoms with Crippen LogP contribution in [0.25, 0.3) is 0 Å². The maximum absolute atomic E-state index is 13.3. The molecule has 2 aromatic carbocycles. The van der Waals surface area contributed by atoms with Crippen molar-refractivity contribution in [3.8, 4) is 0 Å². The molecule has 0 aromatic heterocycles. The van der Waals surface area contributed by atoms with E-state index in [-0.39, 0.29) is 11.7 Å². The first-order chi connectivity index (χ1) is 12.6. The zero-order chi connectivity index (χ0) is 17.8. The molecule has 1 saturated heterocycles. The van der Waals surface area contributed by atoms with Gasteiger partial charge >= 0.3 is 0 Å². The normalized spacial score (nSPS) is 24.5. The number of fused-ring (bicyclic) bond motifs is 2. The van der Waals surface area contributed by atoms with Gasteiger partial charge in [-0.1, -0.05) is 66.2 Å². The number of allylic oxidation sites excluding steroid dienone is 2. The molecule has 1 atom stereocenters. The van der Waals surface area contributed by atoms with Gasteiger partial charge in [0.05, 0.1) is 19.1 Å². The van der Waals surface area contributed by atoms with Crippen molar-refractivity contribution in [2.45, 2.75) is 24.0 Å². The van der Waals surface area contributed by atoms with Gasteiger partial charge in [0, 0.05) is 11.0 Å². The Labute approximate surface area is 152 Å². The van der Waals surface area contributed by atoms with Crippen molar-refractivity contribution in [3.63, 3.8) is 0 Å². The van der Waals surface area contributed by atoms with Crippen LogP contribution in [0.4, 0.5) is 0 Å². The zero-order valence-corrected chi connectivity index (χ0v) is 14.6. The van der Waals surface area contributed by atoms with E-state index in [0.717, 1.165) is 16.7 Å². The van der Waals surface area contributed by atoms with Gasteiger partial charge in [-0.05, 0) is 30.2 Å². The highest BCUT2D eigenvalue weighted by molar-refractivity contribution is 6.08. The Bertz CT molecular complexity index is 914. The lowest BCUT2D eigenvalue weighted by molar-refractivity contribution is -0.0763. The topological polar surface area (TPSA) is 35.5 Å². The van der Waals surface area contributed by atoms with Crippen molar-refractivity contribution >= 4 is 5.78 Å². The SMILES string of the molecule is Cc1ccc(C2C(=O)c3ccccc3C23C=CC2(C=C3)OCCO2)cc1. The first kappa shape index (κ1) is 15.7. The van der Waals surface area contributed by atoms with Crippen molar-refractivity contribution in [2.75, 3.05) is 13.2 Å². The molecule has 3 heteroatoms. The van der Waals surface area contributed by atoms with E-state index in [1.807, 2.05) is 30.4 Å². The van der Waals surface area contributed by atoms with Gasteiger partial charge in [-0.25, -0.2) is 0 Å². The summed E-state index contributed by atoms with van der Waals surface area (Å²) < 4.78 is 11.5. The predicted octanol–water partition coefficient (Wildman–Crippen LogP) is 4.08. The number of carbonyl (C=O) groups excluding carboxylic acids is 1. The molecule has 2 spiro atoms. The fraction of sp³-hybridized carbons (Fsp3) is 0.261. The van der Waals surface area contributed by atoms with Crippen molar-refractivity contribution in [2.24, 2.45) is 0 Å². The van der Waals surface area contributed by atoms with Crippen LogP contribution in [0, 0.1) is 6.92 Å². The maximum atomic E-state index is 13.3. The van der Waals surface area contributed by atoms with Gasteiger partial charge in [0.2, 0.25) is 5.79 Å². The number of hydrogen-bond acceptors (Lipinski definition) is 3. The van der Waals surface area contributed by atoms with Crippen LogP contribution >= 0.6 is 0 Å². The van der Waals surface area contributed by atoms with Crippen LogP contribution in [0.5, 0.6) is 0 Å². The number of hydrogen-bond donors (Lipinski definition) is 0. The van der Waals surface area contributed by atoms with E-state index >= 15 is 0 Å². The summed E-state index contributed by atoms with van der Waals surface area (Å²) in [6, 6.07) is 16.2. The van der Waals surface area contributed by atoms with Gasteiger partial charge in [-0.15, -0.1) is 0 Å². The van der Waals surface area contributed by atoms with E-state index in [9.17, 15) is 4.79 Å². The fourth-order valence-electron chi connectivity index (χ4n) is 4.42. The lowest BCUT2D eigenvalue weighted by Crippen LogP contribution is -2.35. The minimum atomic E-state index is -0.774. The quantitative estimate of drug-likeness (QED) is 0.731. The second-order valence-corrected chi connectivity index (χ2v) is 7.27. The Morgan fingerprint density at radius 3 is 2.23 bits per heavy atom. The molecule has 1 heterocycles. The molecule has 3 nitrogen and oxygen atoms in total. The molecular weight excluding hydrogens is 324 g/mol. The average molecular weight is 344 g/mol. The Kier molecular flexibility index (Phi) is 3.33. The van der Waals surface area contributed by atoms with Crippen molar-refractivity contribution < 1.29 is 14.3 Å². The third-order valence-electron chi connectivity index (χ3n) is 5.73. The Hall–Kier alpha value is -2.49. The summed E-state index contributed by atoms with van der Waals surface area (Å²) in [7, 11) is 0. The van der Waals surface area contributed by atoms with E-state index < -0.39 is 11.2 Å². The smallest absolute Gasteiger partial charge is 0.208 e. The average Bonchev–Trinajstić information content (AvgIpc) is 3.22. The minimum Gasteiger partial charge on any atom is -0.341 e. The number of Topliss-reactive ketones (excluding diaryl/α,β-unsaturated/α-hetero) is 1. The molecule has 0 saturated carbocycles. The summed E-state index contributed by atoms with van der Waals surface area (Å²) in [5, 5.41) is 0. The second-order valence-electron chi connectivity index (χ2n) is 7.27. The molecule has 0 radical (unpaired) electrons. The maximum Gasteiger partial charge on any atom is 0.208 e. The first-order valence-corrected chi connectivity index (χ1v) is 9.03. The molecule has 5 rings (SSSR count). The highest BCUT2D eigenvalue weighted by Gasteiger charge is 2.52. The highest BCUT2D eigenvalue weighted by atomic mass is 16.7. The number of carbonyl (C=O) groups is 1. The minimum absolute atomic E-state index is 0.169. The molecule has 2 aliphatic carbocycles. The van der Waals surface area contributed by atoms with Gasteiger partial charge in [0.25, 0.3) is 0 Å². The summed E-state index contributed by atoms with van der Waals surface area (Å²) >= 11 is 0. The lowest BCUT2D eigenvalue weighted by atomic mass is 9.69. The van der Waals surface area contributed by atoms with E-state index in [4.69, 9.17) is 9.47 Å². The van der Waals surface area contributed by atoms with E-state index in [0.29, 0.717) is 13.2 Å². The van der Waals surface area contributed by atoms with Crippen molar-refractivity contribution in [3.05, 3.63) is 95.1 Å². The number of rotatable bonds is 1. The molecular formula is C23H20O3. The van der Waals surface area contributed by atoms with Gasteiger partial charge < -0.3 is 9.47 Å². The number of ketones is 1. The Morgan fingerprint density at radius 2 is 1.54 bits per heavy atom. The zero-order valence-electron chi connectivity index (χ0n) is 14.6. The fourth-order valence-corrected chi connectivity index (χ4v) is 4.42. The predicted molar refractivity (Wildman–Crippen MR) is 99.3 cm³/mol. The highest BCUT2D eigenvalue weighted by Crippen LogP contribution is 2.53. The summed E-state index contributed by atoms with van der Waals surface area (Å²) in [6.07, 6.45) is 8.15. The lowest BCUT2D eigenvalue weighted by Gasteiger charge is -2.35. The third kappa shape index (κ3) is 2.11. The third-order valence-corrected chi connectivity index (χ3v) is 5.73. The largest absolute Gasteiger partial charge is 0.341 e. The van der Waals surface area contributed by atoms with Crippen molar-refractivity contribution in [1.82, 2.24) is 0 Å². The van der Waals surface area contributed by atoms with Crippen LogP contribution in [0.2, 0.25) is 0 Å². The van der Waals surface area contributed by atoms with Gasteiger partial charge in [0.1, 0.15) is 0 Å². The van der Waals surface area contributed by atoms with Crippen LogP contribution < -0.4 is 0 Å². The van der Waals surface area contributed by atoms with Gasteiger partial charge in [-0.3, -0.25) is 4.79 Å². The molecule has 130 valence electrons. The molecule has 1 aliphatic heterocycles. The number of aryl methyl sites for hydroxylation is 1. The van der Waals surface area contributed by atoms with E-state index in [2.05, 4.69) is 49.4 Å². The molecule has 3 aliphatic rings. The molecule has 0 bridgehead atoms. The van der Waals surface area contributed by atoms with Crippen LogP contribution in [-0.4, -0.2) is 24.8 Å². The number of benzene rings is 2. The summed E-state index contributed by atoms with van der Waals surface area (Å²) in [5.41, 5.74) is 3.58. The van der Waals surface area contributed by atoms with Gasteiger partial charge in [0.15, 0.2) is 5.78 Å². The summed E-state index contributed by atoms with van der Waals surface area (Å²) in [5.74, 6) is -0.876. The molecule has 26 heavy (non-hydrogen) atoms. The van der Waals surface area contributed by atoms with Crippen molar-refractivity contribution in [1.29, 1.82) is 0 Å². The van der Waals surface area contributed by atoms with Crippen LogP contribution in [0.1, 0.15) is 33.0 Å². The van der Waals surface area contributed by atoms with Crippen LogP contribution in [-0.2, 0) is 14.9 Å². The standard InChI is InChI=1S/C23H20O3/c1-16-6-8-17(9-7-16)20-21(24)18-4-2-3-5-19(18)22(20)10-12-23(13-11-22)25-14-15-26-23/h2-13,20H,14-15H2,1H3. The summed E-state index contributed by atoms with van der Waals surface area (Å²) in [4.78, 5) is 13.3. The molecule has 1 unspecified atom stereocenters. The molecule has 0 amide bonds. The van der Waals surface area contributed by atoms with E-state index in [1.54, 1.807) is 0 Å². The molecule has 2 aromatic rings. The number of ether oxygens (including phenoxy) is 2. The molecule has 1 fully saturated rings.